The molecule has 0 saturated carbocycles. The van der Waals surface area contributed by atoms with Crippen molar-refractivity contribution in [3.05, 3.63) is 47.0 Å². The van der Waals surface area contributed by atoms with E-state index < -0.39 is 23.9 Å². The van der Waals surface area contributed by atoms with E-state index in [1.807, 2.05) is 0 Å². The van der Waals surface area contributed by atoms with Crippen LogP contribution in [0.5, 0.6) is 0 Å². The van der Waals surface area contributed by atoms with Crippen LogP contribution in [0, 0.1) is 5.92 Å². The zero-order valence-electron chi connectivity index (χ0n) is 13.6. The molecule has 25 heavy (non-hydrogen) atoms. The number of esters is 1. The van der Waals surface area contributed by atoms with Crippen LogP contribution in [0.15, 0.2) is 36.4 Å². The van der Waals surface area contributed by atoms with Crippen molar-refractivity contribution in [3.8, 4) is 0 Å². The van der Waals surface area contributed by atoms with Gasteiger partial charge in [-0.05, 0) is 30.5 Å². The van der Waals surface area contributed by atoms with Crippen molar-refractivity contribution in [1.29, 1.82) is 0 Å². The first-order valence-corrected chi connectivity index (χ1v) is 8.41. The van der Waals surface area contributed by atoms with Crippen molar-refractivity contribution in [1.82, 2.24) is 5.32 Å². The number of benzene rings is 1. The highest BCUT2D eigenvalue weighted by molar-refractivity contribution is 6.30. The SMILES string of the molecule is O=C(O)C[C@@H]1C/C=C/CCC(=O)N[C@H](c2ccc(Cl)cc2)COC1=O. The first-order valence-electron chi connectivity index (χ1n) is 8.04. The second-order valence-corrected chi connectivity index (χ2v) is 6.28. The molecule has 1 aliphatic heterocycles. The summed E-state index contributed by atoms with van der Waals surface area (Å²) >= 11 is 5.88. The number of allylic oxidation sites excluding steroid dienone is 2. The molecule has 0 spiro atoms. The lowest BCUT2D eigenvalue weighted by Crippen LogP contribution is -2.33. The molecule has 0 bridgehead atoms. The molecule has 0 aliphatic carbocycles. The van der Waals surface area contributed by atoms with Crippen molar-refractivity contribution in [2.24, 2.45) is 5.92 Å². The van der Waals surface area contributed by atoms with Gasteiger partial charge in [0.05, 0.1) is 18.4 Å². The number of hydrogen-bond donors (Lipinski definition) is 2. The average molecular weight is 366 g/mol. The third-order valence-electron chi connectivity index (χ3n) is 3.88. The van der Waals surface area contributed by atoms with Crippen LogP contribution >= 0.6 is 11.6 Å². The van der Waals surface area contributed by atoms with Gasteiger partial charge in [0.2, 0.25) is 5.91 Å². The van der Waals surface area contributed by atoms with Crippen molar-refractivity contribution in [3.63, 3.8) is 0 Å². The molecular weight excluding hydrogens is 346 g/mol. The molecule has 0 fully saturated rings. The molecule has 1 aromatic rings. The van der Waals surface area contributed by atoms with Crippen LogP contribution in [-0.2, 0) is 19.1 Å². The monoisotopic (exact) mass is 365 g/mol. The topological polar surface area (TPSA) is 92.7 Å². The van der Waals surface area contributed by atoms with Gasteiger partial charge in [0.1, 0.15) is 6.61 Å². The fourth-order valence-electron chi connectivity index (χ4n) is 2.53. The quantitative estimate of drug-likeness (QED) is 0.634. The van der Waals surface area contributed by atoms with Gasteiger partial charge in [-0.3, -0.25) is 14.4 Å². The Morgan fingerprint density at radius 2 is 1.96 bits per heavy atom. The van der Waals surface area contributed by atoms with E-state index in [1.165, 1.54) is 0 Å². The predicted octanol–water partition coefficient (Wildman–Crippen LogP) is 2.87. The average Bonchev–Trinajstić information content (AvgIpc) is 2.56. The third kappa shape index (κ3) is 6.23. The standard InChI is InChI=1S/C18H20ClNO5/c19-14-8-6-12(7-9-14)15-11-25-18(24)13(10-17(22)23)4-2-1-3-5-16(21)20-15/h1-2,6-9,13,15H,3-5,10-11H2,(H,20,21)(H,22,23)/b2-1+/t13-,15-/m0/s1. The minimum atomic E-state index is -1.05. The van der Waals surface area contributed by atoms with Crippen molar-refractivity contribution >= 4 is 29.4 Å². The van der Waals surface area contributed by atoms with E-state index in [4.69, 9.17) is 21.4 Å². The highest BCUT2D eigenvalue weighted by Crippen LogP contribution is 2.20. The molecule has 0 aromatic heterocycles. The second kappa shape index (κ2) is 9.22. The van der Waals surface area contributed by atoms with Gasteiger partial charge in [-0.15, -0.1) is 0 Å². The van der Waals surface area contributed by atoms with Gasteiger partial charge in [0.15, 0.2) is 0 Å². The Morgan fingerprint density at radius 3 is 2.64 bits per heavy atom. The summed E-state index contributed by atoms with van der Waals surface area (Å²) in [6.07, 6.45) is 4.31. The van der Waals surface area contributed by atoms with Crippen LogP contribution < -0.4 is 5.32 Å². The summed E-state index contributed by atoms with van der Waals surface area (Å²) in [5.74, 6) is -2.52. The first kappa shape index (κ1) is 19.0. The maximum Gasteiger partial charge on any atom is 0.309 e. The molecule has 2 N–H and O–H groups in total. The molecule has 1 aliphatic rings. The summed E-state index contributed by atoms with van der Waals surface area (Å²) in [5.41, 5.74) is 0.757. The van der Waals surface area contributed by atoms with E-state index in [0.29, 0.717) is 17.9 Å². The summed E-state index contributed by atoms with van der Waals surface area (Å²) < 4.78 is 5.29. The number of carboxylic acids is 1. The van der Waals surface area contributed by atoms with Crippen LogP contribution in [0.3, 0.4) is 0 Å². The zero-order chi connectivity index (χ0) is 18.2. The molecule has 7 heteroatoms. The Labute approximate surface area is 150 Å². The van der Waals surface area contributed by atoms with E-state index >= 15 is 0 Å². The van der Waals surface area contributed by atoms with Crippen LogP contribution in [-0.4, -0.2) is 29.6 Å². The summed E-state index contributed by atoms with van der Waals surface area (Å²) in [6, 6.07) is 6.37. The summed E-state index contributed by atoms with van der Waals surface area (Å²) in [4.78, 5) is 35.2. The van der Waals surface area contributed by atoms with Gasteiger partial charge < -0.3 is 15.2 Å². The molecule has 0 radical (unpaired) electrons. The Bertz CT molecular complexity index is 656. The smallest absolute Gasteiger partial charge is 0.309 e. The first-order chi connectivity index (χ1) is 12.0. The number of carbonyl (C=O) groups is 3. The Balaban J connectivity index is 2.17. The number of nitrogens with one attached hydrogen (secondary N) is 1. The maximum atomic E-state index is 12.2. The molecular formula is C18H20ClNO5. The van der Waals surface area contributed by atoms with Crippen LogP contribution in [0.25, 0.3) is 0 Å². The lowest BCUT2D eigenvalue weighted by molar-refractivity contribution is -0.153. The minimum Gasteiger partial charge on any atom is -0.481 e. The highest BCUT2D eigenvalue weighted by Gasteiger charge is 2.24. The van der Waals surface area contributed by atoms with Gasteiger partial charge in [0, 0.05) is 11.4 Å². The number of carboxylic acid groups (broad SMARTS) is 1. The van der Waals surface area contributed by atoms with Gasteiger partial charge in [-0.1, -0.05) is 35.9 Å². The second-order valence-electron chi connectivity index (χ2n) is 5.84. The van der Waals surface area contributed by atoms with Crippen molar-refractivity contribution < 1.29 is 24.2 Å². The Kier molecular flexibility index (Phi) is 7.01. The van der Waals surface area contributed by atoms with Gasteiger partial charge in [0.25, 0.3) is 0 Å². The van der Waals surface area contributed by atoms with E-state index in [1.54, 1.807) is 36.4 Å². The normalized spacial score (nSPS) is 23.6. The van der Waals surface area contributed by atoms with E-state index in [2.05, 4.69) is 5.32 Å². The van der Waals surface area contributed by atoms with Gasteiger partial charge in [-0.25, -0.2) is 0 Å². The summed E-state index contributed by atoms with van der Waals surface area (Å²) in [7, 11) is 0. The van der Waals surface area contributed by atoms with E-state index in [-0.39, 0.29) is 25.4 Å². The number of carbonyl (C=O) groups excluding carboxylic acids is 2. The molecule has 6 nitrogen and oxygen atoms in total. The number of hydrogen-bond acceptors (Lipinski definition) is 4. The molecule has 0 saturated heterocycles. The largest absolute Gasteiger partial charge is 0.481 e. The van der Waals surface area contributed by atoms with Crippen LogP contribution in [0.1, 0.15) is 37.3 Å². The fourth-order valence-corrected chi connectivity index (χ4v) is 2.66. The molecule has 2 rings (SSSR count). The summed E-state index contributed by atoms with van der Waals surface area (Å²) in [5, 5.41) is 12.4. The molecule has 1 heterocycles. The fraction of sp³-hybridized carbons (Fsp3) is 0.389. The Morgan fingerprint density at radius 1 is 1.24 bits per heavy atom. The number of amides is 1. The highest BCUT2D eigenvalue weighted by atomic mass is 35.5. The van der Waals surface area contributed by atoms with Crippen LogP contribution in [0.2, 0.25) is 5.02 Å². The lowest BCUT2D eigenvalue weighted by atomic mass is 10.0. The van der Waals surface area contributed by atoms with Crippen molar-refractivity contribution in [2.45, 2.75) is 31.7 Å². The molecule has 2 atom stereocenters. The Hall–Kier alpha value is -2.34. The lowest BCUT2D eigenvalue weighted by Gasteiger charge is -2.21. The third-order valence-corrected chi connectivity index (χ3v) is 4.13. The number of ether oxygens (including phenoxy) is 1. The number of rotatable bonds is 3. The van der Waals surface area contributed by atoms with Gasteiger partial charge in [-0.2, -0.15) is 0 Å². The molecule has 1 aromatic carbocycles. The predicted molar refractivity (Wildman–Crippen MR) is 92.0 cm³/mol. The van der Waals surface area contributed by atoms with Crippen LogP contribution in [0.4, 0.5) is 0 Å². The number of halogens is 1. The number of cyclic esters (lactones) is 1. The molecule has 1 amide bonds. The zero-order valence-corrected chi connectivity index (χ0v) is 14.4. The maximum absolute atomic E-state index is 12.2. The van der Waals surface area contributed by atoms with Crippen molar-refractivity contribution in [2.75, 3.05) is 6.61 Å². The molecule has 134 valence electrons. The number of aliphatic carboxylic acids is 1. The summed E-state index contributed by atoms with van der Waals surface area (Å²) in [6.45, 7) is -0.0635. The molecule has 0 unspecified atom stereocenters. The van der Waals surface area contributed by atoms with E-state index in [9.17, 15) is 14.4 Å². The van der Waals surface area contributed by atoms with E-state index in [0.717, 1.165) is 5.56 Å². The van der Waals surface area contributed by atoms with Gasteiger partial charge >= 0.3 is 11.9 Å². The minimum absolute atomic E-state index is 0.0635.